The molecular weight excluding hydrogens is 220 g/mol. The summed E-state index contributed by atoms with van der Waals surface area (Å²) < 4.78 is 0. The summed E-state index contributed by atoms with van der Waals surface area (Å²) in [6.07, 6.45) is 4.99. The van der Waals surface area contributed by atoms with Crippen LogP contribution in [-0.2, 0) is 19.3 Å². The Hall–Kier alpha value is -1.67. The van der Waals surface area contributed by atoms with Crippen LogP contribution in [0.3, 0.4) is 0 Å². The summed E-state index contributed by atoms with van der Waals surface area (Å²) in [6, 6.07) is 14.8. The fraction of sp³-hybridized carbons (Fsp3) is 0.312. The van der Waals surface area contributed by atoms with E-state index in [1.54, 1.807) is 0 Å². The average molecular weight is 238 g/mol. The van der Waals surface area contributed by atoms with Crippen LogP contribution in [0.5, 0.6) is 0 Å². The van der Waals surface area contributed by atoms with Gasteiger partial charge in [-0.15, -0.1) is 0 Å². The van der Waals surface area contributed by atoms with E-state index in [9.17, 15) is 0 Å². The lowest BCUT2D eigenvalue weighted by atomic mass is 9.80. The smallest absolute Gasteiger partial charge is 0.0409 e. The van der Waals surface area contributed by atoms with Crippen molar-refractivity contribution in [3.05, 3.63) is 65.5 Å². The van der Waals surface area contributed by atoms with Crippen LogP contribution in [-0.4, -0.2) is 11.5 Å². The third kappa shape index (κ3) is 2.04. The van der Waals surface area contributed by atoms with Crippen LogP contribution < -0.4 is 5.73 Å². The molecule has 2 aromatic rings. The van der Waals surface area contributed by atoms with Crippen molar-refractivity contribution in [2.24, 2.45) is 11.1 Å². The van der Waals surface area contributed by atoms with Crippen molar-refractivity contribution in [2.75, 3.05) is 6.54 Å². The highest BCUT2D eigenvalue weighted by Gasteiger charge is 2.36. The first-order chi connectivity index (χ1) is 8.81. The summed E-state index contributed by atoms with van der Waals surface area (Å²) in [4.78, 5) is 4.44. The molecule has 0 aliphatic heterocycles. The number of hydrogen-bond acceptors (Lipinski definition) is 2. The molecule has 2 nitrogen and oxygen atoms in total. The molecule has 3 rings (SSSR count). The van der Waals surface area contributed by atoms with Crippen molar-refractivity contribution in [3.8, 4) is 0 Å². The van der Waals surface area contributed by atoms with Crippen molar-refractivity contribution in [2.45, 2.75) is 19.3 Å². The van der Waals surface area contributed by atoms with Gasteiger partial charge in [0.15, 0.2) is 0 Å². The van der Waals surface area contributed by atoms with Crippen LogP contribution in [0.1, 0.15) is 16.8 Å². The van der Waals surface area contributed by atoms with E-state index in [0.717, 1.165) is 31.5 Å². The number of nitrogens with zero attached hydrogens (tertiary/aromatic N) is 1. The van der Waals surface area contributed by atoms with E-state index < -0.39 is 0 Å². The Morgan fingerprint density at radius 3 is 2.22 bits per heavy atom. The Bertz CT molecular complexity index is 509. The Morgan fingerprint density at radius 2 is 1.67 bits per heavy atom. The highest BCUT2D eigenvalue weighted by Crippen LogP contribution is 2.38. The molecule has 1 aliphatic rings. The van der Waals surface area contributed by atoms with Gasteiger partial charge >= 0.3 is 0 Å². The maximum absolute atomic E-state index is 6.07. The molecule has 0 fully saturated rings. The number of aromatic nitrogens is 1. The largest absolute Gasteiger partial charge is 0.330 e. The Kier molecular flexibility index (Phi) is 2.88. The molecule has 1 aromatic heterocycles. The molecule has 0 radical (unpaired) electrons. The molecule has 0 unspecified atom stereocenters. The van der Waals surface area contributed by atoms with Crippen LogP contribution in [0.4, 0.5) is 0 Å². The minimum absolute atomic E-state index is 0.165. The highest BCUT2D eigenvalue weighted by molar-refractivity contribution is 5.35. The maximum atomic E-state index is 6.07. The number of fused-ring (bicyclic) bond motifs is 1. The molecule has 92 valence electrons. The zero-order valence-corrected chi connectivity index (χ0v) is 10.5. The van der Waals surface area contributed by atoms with Crippen LogP contribution in [0.25, 0.3) is 0 Å². The van der Waals surface area contributed by atoms with Crippen molar-refractivity contribution in [3.63, 3.8) is 0 Å². The molecule has 2 N–H and O–H groups in total. The van der Waals surface area contributed by atoms with Crippen LogP contribution >= 0.6 is 0 Å². The predicted molar refractivity (Wildman–Crippen MR) is 73.3 cm³/mol. The molecule has 0 bridgehead atoms. The van der Waals surface area contributed by atoms with Crippen LogP contribution in [0.2, 0.25) is 0 Å². The zero-order valence-electron chi connectivity index (χ0n) is 10.5. The monoisotopic (exact) mass is 238 g/mol. The maximum Gasteiger partial charge on any atom is 0.0409 e. The Balaban J connectivity index is 1.86. The van der Waals surface area contributed by atoms with Gasteiger partial charge in [-0.05, 0) is 54.5 Å². The quantitative estimate of drug-likeness (QED) is 0.891. The molecule has 0 amide bonds. The first kappa shape index (κ1) is 11.4. The molecule has 1 aromatic carbocycles. The lowest BCUT2D eigenvalue weighted by molar-refractivity contribution is 0.311. The SMILES string of the molecule is NCC1(Cc2ccccn2)Cc2ccccc2C1. The van der Waals surface area contributed by atoms with Gasteiger partial charge in [-0.1, -0.05) is 30.3 Å². The Labute approximate surface area is 108 Å². The minimum atomic E-state index is 0.165. The van der Waals surface area contributed by atoms with E-state index in [1.807, 2.05) is 12.3 Å². The summed E-state index contributed by atoms with van der Waals surface area (Å²) in [7, 11) is 0. The Morgan fingerprint density at radius 1 is 1.00 bits per heavy atom. The van der Waals surface area contributed by atoms with E-state index >= 15 is 0 Å². The van der Waals surface area contributed by atoms with Gasteiger partial charge in [-0.25, -0.2) is 0 Å². The number of hydrogen-bond donors (Lipinski definition) is 1. The van der Waals surface area contributed by atoms with Crippen LogP contribution in [0, 0.1) is 5.41 Å². The van der Waals surface area contributed by atoms with Crippen molar-refractivity contribution in [1.82, 2.24) is 4.98 Å². The molecule has 0 saturated heterocycles. The molecule has 1 heterocycles. The van der Waals surface area contributed by atoms with Gasteiger partial charge < -0.3 is 5.73 Å². The third-order valence-electron chi connectivity index (χ3n) is 3.96. The van der Waals surface area contributed by atoms with Crippen molar-refractivity contribution in [1.29, 1.82) is 0 Å². The van der Waals surface area contributed by atoms with Gasteiger partial charge in [0.1, 0.15) is 0 Å². The molecule has 0 spiro atoms. The van der Waals surface area contributed by atoms with E-state index in [2.05, 4.69) is 41.4 Å². The van der Waals surface area contributed by atoms with Gasteiger partial charge in [0.05, 0.1) is 0 Å². The molecule has 18 heavy (non-hydrogen) atoms. The van der Waals surface area contributed by atoms with Gasteiger partial charge in [0, 0.05) is 11.9 Å². The lowest BCUT2D eigenvalue weighted by Crippen LogP contribution is -2.33. The average Bonchev–Trinajstić information content (AvgIpc) is 2.78. The molecule has 2 heteroatoms. The third-order valence-corrected chi connectivity index (χ3v) is 3.96. The van der Waals surface area contributed by atoms with Gasteiger partial charge in [0.2, 0.25) is 0 Å². The summed E-state index contributed by atoms with van der Waals surface area (Å²) in [5.41, 5.74) is 10.3. The number of pyridine rings is 1. The summed E-state index contributed by atoms with van der Waals surface area (Å²) in [6.45, 7) is 0.720. The van der Waals surface area contributed by atoms with Gasteiger partial charge in [-0.2, -0.15) is 0 Å². The molecular formula is C16H18N2. The van der Waals surface area contributed by atoms with Gasteiger partial charge in [0.25, 0.3) is 0 Å². The first-order valence-electron chi connectivity index (χ1n) is 6.48. The number of nitrogens with two attached hydrogens (primary N) is 1. The molecule has 1 aliphatic carbocycles. The lowest BCUT2D eigenvalue weighted by Gasteiger charge is -2.26. The van der Waals surface area contributed by atoms with E-state index in [-0.39, 0.29) is 5.41 Å². The minimum Gasteiger partial charge on any atom is -0.330 e. The molecule has 0 saturated carbocycles. The highest BCUT2D eigenvalue weighted by atomic mass is 14.7. The second-order valence-electron chi connectivity index (χ2n) is 5.32. The van der Waals surface area contributed by atoms with Crippen LogP contribution in [0.15, 0.2) is 48.7 Å². The number of rotatable bonds is 3. The fourth-order valence-electron chi connectivity index (χ4n) is 3.00. The fourth-order valence-corrected chi connectivity index (χ4v) is 3.00. The first-order valence-corrected chi connectivity index (χ1v) is 6.48. The summed E-state index contributed by atoms with van der Waals surface area (Å²) in [5, 5.41) is 0. The van der Waals surface area contributed by atoms with E-state index in [4.69, 9.17) is 5.73 Å². The standard InChI is InChI=1S/C16H18N2/c17-12-16(11-15-7-3-4-8-18-15)9-13-5-1-2-6-14(13)10-16/h1-8H,9-12,17H2. The summed E-state index contributed by atoms with van der Waals surface area (Å²) >= 11 is 0. The van der Waals surface area contributed by atoms with E-state index in [1.165, 1.54) is 11.1 Å². The zero-order chi connectivity index (χ0) is 12.4. The molecule has 0 atom stereocenters. The normalized spacial score (nSPS) is 16.5. The van der Waals surface area contributed by atoms with Gasteiger partial charge in [-0.3, -0.25) is 4.98 Å². The van der Waals surface area contributed by atoms with Crippen molar-refractivity contribution >= 4 is 0 Å². The predicted octanol–water partition coefficient (Wildman–Crippen LogP) is 2.37. The van der Waals surface area contributed by atoms with E-state index in [0.29, 0.717) is 0 Å². The second-order valence-corrected chi connectivity index (χ2v) is 5.32. The van der Waals surface area contributed by atoms with Crippen molar-refractivity contribution < 1.29 is 0 Å². The second kappa shape index (κ2) is 4.54. The topological polar surface area (TPSA) is 38.9 Å². The number of benzene rings is 1. The summed E-state index contributed by atoms with van der Waals surface area (Å²) in [5.74, 6) is 0.